The molecular formula is C11H11N3O3S2. The van der Waals surface area contributed by atoms with Gasteiger partial charge in [0.2, 0.25) is 0 Å². The Morgan fingerprint density at radius 3 is 3.00 bits per heavy atom. The summed E-state index contributed by atoms with van der Waals surface area (Å²) in [7, 11) is -1.77. The number of sulfonamides is 1. The minimum Gasteiger partial charge on any atom is -0.355 e. The van der Waals surface area contributed by atoms with Crippen molar-refractivity contribution in [2.45, 2.75) is 4.90 Å². The molecule has 3 rings (SSSR count). The van der Waals surface area contributed by atoms with Crippen LogP contribution in [-0.4, -0.2) is 38.8 Å². The van der Waals surface area contributed by atoms with E-state index in [1.807, 2.05) is 11.0 Å². The molecular weight excluding hydrogens is 286 g/mol. The molecule has 0 spiro atoms. The Bertz CT molecular complexity index is 697. The molecule has 0 atom stereocenters. The summed E-state index contributed by atoms with van der Waals surface area (Å²) in [5, 5.41) is 3.03. The second-order valence-corrected chi connectivity index (χ2v) is 6.94. The third-order valence-corrected chi connectivity index (χ3v) is 5.27. The van der Waals surface area contributed by atoms with Crippen LogP contribution in [0.25, 0.3) is 0 Å². The number of carbonyl (C=O) groups is 1. The molecule has 0 unspecified atom stereocenters. The first-order chi connectivity index (χ1) is 9.00. The number of fused-ring (bicyclic) bond motifs is 3. The Balaban J connectivity index is 2.03. The third kappa shape index (κ3) is 2.10. The van der Waals surface area contributed by atoms with Gasteiger partial charge in [-0.2, -0.15) is 0 Å². The highest BCUT2D eigenvalue weighted by Crippen LogP contribution is 2.42. The van der Waals surface area contributed by atoms with Gasteiger partial charge in [0, 0.05) is 24.1 Å². The van der Waals surface area contributed by atoms with E-state index in [-0.39, 0.29) is 11.7 Å². The number of thioether (sulfide) groups is 1. The standard InChI is InChI=1S/C11H11N3O3S2/c1-12-10(15)7-2-3-8-9(6-7)18-11-13-19(16,17)5-4-14(8)11/h2-3,6H,4-5H2,1H3,(H,12,15). The van der Waals surface area contributed by atoms with Crippen LogP contribution in [0.2, 0.25) is 0 Å². The topological polar surface area (TPSA) is 78.8 Å². The smallest absolute Gasteiger partial charge is 0.257 e. The van der Waals surface area contributed by atoms with Gasteiger partial charge in [-0.25, -0.2) is 8.42 Å². The van der Waals surface area contributed by atoms with Crippen molar-refractivity contribution >= 4 is 38.5 Å². The zero-order chi connectivity index (χ0) is 13.6. The number of amides is 1. The van der Waals surface area contributed by atoms with E-state index >= 15 is 0 Å². The number of anilines is 1. The summed E-state index contributed by atoms with van der Waals surface area (Å²) in [6.07, 6.45) is 0. The van der Waals surface area contributed by atoms with Crippen LogP contribution in [0.5, 0.6) is 0 Å². The van der Waals surface area contributed by atoms with E-state index in [4.69, 9.17) is 0 Å². The summed E-state index contributed by atoms with van der Waals surface area (Å²) < 4.78 is 26.7. The highest BCUT2D eigenvalue weighted by Gasteiger charge is 2.33. The maximum Gasteiger partial charge on any atom is 0.257 e. The maximum absolute atomic E-state index is 11.6. The number of amidine groups is 1. The van der Waals surface area contributed by atoms with Crippen molar-refractivity contribution in [3.8, 4) is 0 Å². The lowest BCUT2D eigenvalue weighted by molar-refractivity contribution is 0.0963. The molecule has 0 radical (unpaired) electrons. The SMILES string of the molecule is CNC(=O)c1ccc2c(c1)SC1=NS(=O)(=O)CCN12. The Kier molecular flexibility index (Phi) is 2.79. The summed E-state index contributed by atoms with van der Waals surface area (Å²) in [5.74, 6) is -0.143. The number of carbonyl (C=O) groups excluding carboxylic acids is 1. The van der Waals surface area contributed by atoms with E-state index in [0.29, 0.717) is 17.3 Å². The van der Waals surface area contributed by atoms with E-state index in [2.05, 4.69) is 9.71 Å². The predicted molar refractivity (Wildman–Crippen MR) is 74.3 cm³/mol. The fourth-order valence-corrected chi connectivity index (χ4v) is 4.31. The number of hydrogen-bond acceptors (Lipinski definition) is 5. The largest absolute Gasteiger partial charge is 0.355 e. The van der Waals surface area contributed by atoms with Gasteiger partial charge in [0.25, 0.3) is 15.9 Å². The van der Waals surface area contributed by atoms with Crippen LogP contribution < -0.4 is 10.2 Å². The number of nitrogens with one attached hydrogen (secondary N) is 1. The molecule has 6 nitrogen and oxygen atoms in total. The molecule has 0 fully saturated rings. The van der Waals surface area contributed by atoms with Gasteiger partial charge in [-0.3, -0.25) is 4.79 Å². The molecule has 0 aliphatic carbocycles. The fraction of sp³-hybridized carbons (Fsp3) is 0.273. The zero-order valence-electron chi connectivity index (χ0n) is 10.1. The van der Waals surface area contributed by atoms with Crippen molar-refractivity contribution in [3.63, 3.8) is 0 Å². The van der Waals surface area contributed by atoms with Crippen LogP contribution >= 0.6 is 11.8 Å². The monoisotopic (exact) mass is 297 g/mol. The summed E-state index contributed by atoms with van der Waals surface area (Å²) in [4.78, 5) is 14.3. The van der Waals surface area contributed by atoms with E-state index in [0.717, 1.165) is 10.6 Å². The van der Waals surface area contributed by atoms with Gasteiger partial charge in [-0.15, -0.1) is 4.40 Å². The first-order valence-electron chi connectivity index (χ1n) is 5.64. The Morgan fingerprint density at radius 2 is 2.26 bits per heavy atom. The second-order valence-electron chi connectivity index (χ2n) is 4.18. The van der Waals surface area contributed by atoms with Crippen molar-refractivity contribution < 1.29 is 13.2 Å². The molecule has 0 aromatic heterocycles. The van der Waals surface area contributed by atoms with Crippen LogP contribution in [0.1, 0.15) is 10.4 Å². The highest BCUT2D eigenvalue weighted by atomic mass is 32.2. The number of hydrogen-bond donors (Lipinski definition) is 1. The lowest BCUT2D eigenvalue weighted by atomic mass is 10.2. The summed E-state index contributed by atoms with van der Waals surface area (Å²) in [6.45, 7) is 0.403. The van der Waals surface area contributed by atoms with E-state index in [1.54, 1.807) is 19.2 Å². The Hall–Kier alpha value is -1.54. The van der Waals surface area contributed by atoms with Crippen LogP contribution in [0.3, 0.4) is 0 Å². The normalized spacial score (nSPS) is 19.4. The van der Waals surface area contributed by atoms with Gasteiger partial charge in [0.1, 0.15) is 0 Å². The lowest BCUT2D eigenvalue weighted by Gasteiger charge is -2.22. The quantitative estimate of drug-likeness (QED) is 0.823. The van der Waals surface area contributed by atoms with Crippen LogP contribution in [-0.2, 0) is 10.0 Å². The molecule has 0 bridgehead atoms. The molecule has 1 aromatic carbocycles. The zero-order valence-corrected chi connectivity index (χ0v) is 11.7. The number of benzene rings is 1. The summed E-state index contributed by atoms with van der Waals surface area (Å²) in [5.41, 5.74) is 1.46. The van der Waals surface area contributed by atoms with E-state index in [1.165, 1.54) is 11.8 Å². The molecule has 2 aliphatic rings. The van der Waals surface area contributed by atoms with Gasteiger partial charge in [-0.1, -0.05) is 0 Å². The average molecular weight is 297 g/mol. The molecule has 2 heterocycles. The molecule has 100 valence electrons. The molecule has 0 saturated heterocycles. The fourth-order valence-electron chi connectivity index (χ4n) is 2.02. The first kappa shape index (κ1) is 12.5. The molecule has 8 heteroatoms. The van der Waals surface area contributed by atoms with Crippen molar-refractivity contribution in [1.82, 2.24) is 5.32 Å². The lowest BCUT2D eigenvalue weighted by Crippen LogP contribution is -2.35. The minimum atomic E-state index is -3.34. The second kappa shape index (κ2) is 4.24. The molecule has 19 heavy (non-hydrogen) atoms. The average Bonchev–Trinajstić information content (AvgIpc) is 2.72. The molecule has 1 N–H and O–H groups in total. The number of rotatable bonds is 1. The predicted octanol–water partition coefficient (Wildman–Crippen LogP) is 0.658. The number of nitrogens with zero attached hydrogens (tertiary/aromatic N) is 2. The van der Waals surface area contributed by atoms with Crippen molar-refractivity contribution in [3.05, 3.63) is 23.8 Å². The van der Waals surface area contributed by atoms with Crippen LogP contribution in [0.15, 0.2) is 27.5 Å². The van der Waals surface area contributed by atoms with Gasteiger partial charge in [-0.05, 0) is 30.0 Å². The van der Waals surface area contributed by atoms with Crippen LogP contribution in [0.4, 0.5) is 5.69 Å². The van der Waals surface area contributed by atoms with Crippen molar-refractivity contribution in [2.24, 2.45) is 4.40 Å². The Morgan fingerprint density at radius 1 is 1.47 bits per heavy atom. The van der Waals surface area contributed by atoms with Crippen molar-refractivity contribution in [1.29, 1.82) is 0 Å². The van der Waals surface area contributed by atoms with Gasteiger partial charge in [0.15, 0.2) is 5.17 Å². The van der Waals surface area contributed by atoms with Crippen LogP contribution in [0, 0.1) is 0 Å². The van der Waals surface area contributed by atoms with Gasteiger partial charge in [0.05, 0.1) is 11.4 Å². The van der Waals surface area contributed by atoms with E-state index in [9.17, 15) is 13.2 Å². The van der Waals surface area contributed by atoms with Gasteiger partial charge >= 0.3 is 0 Å². The van der Waals surface area contributed by atoms with Crippen molar-refractivity contribution in [2.75, 3.05) is 24.2 Å². The Labute approximate surface area is 114 Å². The third-order valence-electron chi connectivity index (χ3n) is 2.96. The van der Waals surface area contributed by atoms with Gasteiger partial charge < -0.3 is 10.2 Å². The summed E-state index contributed by atoms with van der Waals surface area (Å²) in [6, 6.07) is 5.31. The minimum absolute atomic E-state index is 0.0215. The molecule has 1 aromatic rings. The summed E-state index contributed by atoms with van der Waals surface area (Å²) >= 11 is 1.28. The molecule has 0 saturated carbocycles. The maximum atomic E-state index is 11.6. The molecule has 2 aliphatic heterocycles. The van der Waals surface area contributed by atoms with E-state index < -0.39 is 10.0 Å². The highest BCUT2D eigenvalue weighted by molar-refractivity contribution is 8.15. The molecule has 1 amide bonds. The first-order valence-corrected chi connectivity index (χ1v) is 8.07.